The number of nitrogens with one attached hydrogen (secondary N) is 1. The number of ether oxygens (including phenoxy) is 1. The molecule has 90 valence electrons. The Labute approximate surface area is 101 Å². The molecule has 0 radical (unpaired) electrons. The molecule has 1 rings (SSSR count). The molecule has 0 bridgehead atoms. The van der Waals surface area contributed by atoms with E-state index < -0.39 is 11.9 Å². The van der Waals surface area contributed by atoms with E-state index >= 15 is 0 Å². The maximum absolute atomic E-state index is 13.4. The molecule has 1 unspecified atom stereocenters. The summed E-state index contributed by atoms with van der Waals surface area (Å²) >= 11 is 3.15. The standard InChI is InChI=1S/C10H13BrFNO3/c1-16-10-3-9(8(12)2-7(10)11)13-4-6(15)5-14/h2-3,6,13-15H,4-5H2,1H3. The van der Waals surface area contributed by atoms with Gasteiger partial charge in [-0.25, -0.2) is 4.39 Å². The topological polar surface area (TPSA) is 61.7 Å². The number of aliphatic hydroxyl groups is 2. The number of aliphatic hydroxyl groups excluding tert-OH is 2. The van der Waals surface area contributed by atoms with Gasteiger partial charge in [0.1, 0.15) is 11.6 Å². The van der Waals surface area contributed by atoms with Gasteiger partial charge in [0.25, 0.3) is 0 Å². The summed E-state index contributed by atoms with van der Waals surface area (Å²) < 4.78 is 19.0. The molecule has 1 aromatic carbocycles. The highest BCUT2D eigenvalue weighted by Gasteiger charge is 2.09. The lowest BCUT2D eigenvalue weighted by Crippen LogP contribution is -2.23. The van der Waals surface area contributed by atoms with Crippen molar-refractivity contribution in [2.45, 2.75) is 6.10 Å². The second kappa shape index (κ2) is 6.03. The van der Waals surface area contributed by atoms with Gasteiger partial charge >= 0.3 is 0 Å². The number of anilines is 1. The third-order valence-corrected chi connectivity index (χ3v) is 2.60. The number of halogens is 2. The summed E-state index contributed by atoms with van der Waals surface area (Å²) in [6.07, 6.45) is -0.922. The molecule has 4 nitrogen and oxygen atoms in total. The van der Waals surface area contributed by atoms with Crippen molar-refractivity contribution in [1.29, 1.82) is 0 Å². The van der Waals surface area contributed by atoms with Gasteiger partial charge in [-0.15, -0.1) is 0 Å². The van der Waals surface area contributed by atoms with Crippen molar-refractivity contribution < 1.29 is 19.3 Å². The van der Waals surface area contributed by atoms with Crippen LogP contribution in [0.1, 0.15) is 0 Å². The van der Waals surface area contributed by atoms with Gasteiger partial charge in [0, 0.05) is 12.6 Å². The molecular formula is C10H13BrFNO3. The fourth-order valence-electron chi connectivity index (χ4n) is 1.11. The van der Waals surface area contributed by atoms with E-state index in [0.717, 1.165) is 0 Å². The Balaban J connectivity index is 2.79. The molecule has 0 saturated carbocycles. The first kappa shape index (κ1) is 13.2. The molecule has 3 N–H and O–H groups in total. The van der Waals surface area contributed by atoms with Gasteiger partial charge in [0.05, 0.1) is 30.0 Å². The van der Waals surface area contributed by atoms with Gasteiger partial charge in [-0.2, -0.15) is 0 Å². The van der Waals surface area contributed by atoms with Crippen LogP contribution in [0.25, 0.3) is 0 Å². The van der Waals surface area contributed by atoms with Crippen LogP contribution in [0, 0.1) is 5.82 Å². The van der Waals surface area contributed by atoms with Crippen molar-refractivity contribution in [2.24, 2.45) is 0 Å². The molecule has 0 aliphatic rings. The van der Waals surface area contributed by atoms with Crippen LogP contribution in [0.15, 0.2) is 16.6 Å². The third-order valence-electron chi connectivity index (χ3n) is 1.98. The molecule has 0 heterocycles. The Morgan fingerprint density at radius 2 is 2.25 bits per heavy atom. The summed E-state index contributed by atoms with van der Waals surface area (Å²) in [4.78, 5) is 0. The van der Waals surface area contributed by atoms with E-state index in [1.807, 2.05) is 0 Å². The van der Waals surface area contributed by atoms with Crippen LogP contribution >= 0.6 is 15.9 Å². The molecule has 0 spiro atoms. The molecule has 16 heavy (non-hydrogen) atoms. The maximum Gasteiger partial charge on any atom is 0.147 e. The largest absolute Gasteiger partial charge is 0.495 e. The van der Waals surface area contributed by atoms with Crippen molar-refractivity contribution in [2.75, 3.05) is 25.6 Å². The fourth-order valence-corrected chi connectivity index (χ4v) is 1.59. The van der Waals surface area contributed by atoms with Crippen LogP contribution in [-0.2, 0) is 0 Å². The minimum absolute atomic E-state index is 0.0677. The first-order valence-electron chi connectivity index (χ1n) is 4.64. The van der Waals surface area contributed by atoms with Crippen LogP contribution in [-0.4, -0.2) is 36.6 Å². The number of rotatable bonds is 5. The van der Waals surface area contributed by atoms with E-state index in [1.165, 1.54) is 19.2 Å². The van der Waals surface area contributed by atoms with Crippen LogP contribution in [0.3, 0.4) is 0 Å². The lowest BCUT2D eigenvalue weighted by atomic mass is 10.2. The first-order valence-corrected chi connectivity index (χ1v) is 5.43. The van der Waals surface area contributed by atoms with E-state index in [0.29, 0.717) is 10.2 Å². The molecule has 1 atom stereocenters. The van der Waals surface area contributed by atoms with E-state index in [4.69, 9.17) is 14.9 Å². The minimum Gasteiger partial charge on any atom is -0.495 e. The first-order chi connectivity index (χ1) is 7.58. The third kappa shape index (κ3) is 3.33. The molecule has 0 aliphatic heterocycles. The lowest BCUT2D eigenvalue weighted by Gasteiger charge is -2.12. The molecule has 0 aliphatic carbocycles. The summed E-state index contributed by atoms with van der Waals surface area (Å²) in [7, 11) is 1.48. The Kier molecular flexibility index (Phi) is 4.98. The second-order valence-electron chi connectivity index (χ2n) is 3.18. The van der Waals surface area contributed by atoms with Crippen molar-refractivity contribution >= 4 is 21.6 Å². The highest BCUT2D eigenvalue weighted by molar-refractivity contribution is 9.10. The van der Waals surface area contributed by atoms with Crippen LogP contribution in [0.4, 0.5) is 10.1 Å². The molecule has 6 heteroatoms. The lowest BCUT2D eigenvalue weighted by molar-refractivity contribution is 0.105. The summed E-state index contributed by atoms with van der Waals surface area (Å²) in [6.45, 7) is -0.305. The van der Waals surface area contributed by atoms with E-state index in [9.17, 15) is 4.39 Å². The fraction of sp³-hybridized carbons (Fsp3) is 0.400. The van der Waals surface area contributed by atoms with Crippen LogP contribution in [0.2, 0.25) is 0 Å². The number of hydrogen-bond donors (Lipinski definition) is 3. The number of hydrogen-bond acceptors (Lipinski definition) is 4. The van der Waals surface area contributed by atoms with Crippen molar-refractivity contribution in [3.05, 3.63) is 22.4 Å². The predicted molar refractivity (Wildman–Crippen MR) is 62.2 cm³/mol. The summed E-state index contributed by atoms with van der Waals surface area (Å²) in [5.41, 5.74) is 0.215. The van der Waals surface area contributed by atoms with Crippen molar-refractivity contribution in [3.63, 3.8) is 0 Å². The average molecular weight is 294 g/mol. The predicted octanol–water partition coefficient (Wildman–Crippen LogP) is 1.36. The zero-order chi connectivity index (χ0) is 12.1. The van der Waals surface area contributed by atoms with E-state index in [2.05, 4.69) is 21.2 Å². The molecule has 0 fully saturated rings. The Hall–Kier alpha value is -0.850. The number of methoxy groups -OCH3 is 1. The Bertz CT molecular complexity index is 362. The van der Waals surface area contributed by atoms with Crippen LogP contribution in [0.5, 0.6) is 5.75 Å². The Morgan fingerprint density at radius 1 is 1.56 bits per heavy atom. The summed E-state index contributed by atoms with van der Waals surface area (Å²) in [6, 6.07) is 2.75. The highest BCUT2D eigenvalue weighted by atomic mass is 79.9. The zero-order valence-electron chi connectivity index (χ0n) is 8.70. The van der Waals surface area contributed by atoms with Gasteiger partial charge < -0.3 is 20.3 Å². The average Bonchev–Trinajstić information content (AvgIpc) is 2.27. The monoisotopic (exact) mass is 293 g/mol. The van der Waals surface area contributed by atoms with Gasteiger partial charge in [0.2, 0.25) is 0 Å². The SMILES string of the molecule is COc1cc(NCC(O)CO)c(F)cc1Br. The van der Waals surface area contributed by atoms with Crippen molar-refractivity contribution in [3.8, 4) is 5.75 Å². The maximum atomic E-state index is 13.4. The zero-order valence-corrected chi connectivity index (χ0v) is 10.3. The van der Waals surface area contributed by atoms with Crippen LogP contribution < -0.4 is 10.1 Å². The summed E-state index contributed by atoms with van der Waals surface area (Å²) in [5, 5.41) is 20.4. The quantitative estimate of drug-likeness (QED) is 0.767. The van der Waals surface area contributed by atoms with Gasteiger partial charge in [-0.3, -0.25) is 0 Å². The smallest absolute Gasteiger partial charge is 0.147 e. The van der Waals surface area contributed by atoms with E-state index in [-0.39, 0.29) is 18.8 Å². The molecule has 0 saturated heterocycles. The van der Waals surface area contributed by atoms with Gasteiger partial charge in [-0.05, 0) is 22.0 Å². The number of benzene rings is 1. The van der Waals surface area contributed by atoms with Gasteiger partial charge in [0.15, 0.2) is 0 Å². The molecule has 0 amide bonds. The normalized spacial score (nSPS) is 12.3. The van der Waals surface area contributed by atoms with Crippen molar-refractivity contribution in [1.82, 2.24) is 0 Å². The van der Waals surface area contributed by atoms with E-state index in [1.54, 1.807) is 0 Å². The summed E-state index contributed by atoms with van der Waals surface area (Å²) in [5.74, 6) is 0.0280. The molecule has 0 aromatic heterocycles. The second-order valence-corrected chi connectivity index (χ2v) is 4.04. The molecule has 1 aromatic rings. The Morgan fingerprint density at radius 3 is 2.81 bits per heavy atom. The highest BCUT2D eigenvalue weighted by Crippen LogP contribution is 2.30. The van der Waals surface area contributed by atoms with Gasteiger partial charge in [-0.1, -0.05) is 0 Å². The minimum atomic E-state index is -0.922. The molecular weight excluding hydrogens is 281 g/mol.